The summed E-state index contributed by atoms with van der Waals surface area (Å²) in [5.41, 5.74) is 0.732. The average molecular weight is 333 g/mol. The molecule has 1 fully saturated rings. The molecule has 23 heavy (non-hydrogen) atoms. The molecular formula is C15H19N5O2S. The standard InChI is InChI=1S/C15H19N5O2S/c1-11-4-7-19(8-5-11)15-18-17-14(23-15)16-9-12-3-2-6-20(12)10-13(21)22/h2-3,6,9,11H,4-5,7-8,10H2,1H3,(H,21,22)/b16-9-. The highest BCUT2D eigenvalue weighted by molar-refractivity contribution is 7.18. The van der Waals surface area contributed by atoms with Gasteiger partial charge in [0.25, 0.3) is 0 Å². The lowest BCUT2D eigenvalue weighted by molar-refractivity contribution is -0.137. The van der Waals surface area contributed by atoms with Crippen LogP contribution in [0.3, 0.4) is 0 Å². The SMILES string of the molecule is CC1CCN(c2nnc(/N=C\c3cccn3CC(=O)O)s2)CC1. The molecule has 0 aromatic carbocycles. The van der Waals surface area contributed by atoms with Crippen LogP contribution in [0, 0.1) is 5.92 Å². The van der Waals surface area contributed by atoms with Gasteiger partial charge >= 0.3 is 5.97 Å². The van der Waals surface area contributed by atoms with Crippen LogP contribution in [-0.2, 0) is 11.3 Å². The zero-order valence-electron chi connectivity index (χ0n) is 12.9. The van der Waals surface area contributed by atoms with Gasteiger partial charge in [-0.05, 0) is 30.9 Å². The van der Waals surface area contributed by atoms with Crippen LogP contribution in [0.4, 0.5) is 10.3 Å². The number of rotatable bonds is 5. The number of carbonyl (C=O) groups is 1. The largest absolute Gasteiger partial charge is 0.480 e. The molecule has 1 aliphatic rings. The molecular weight excluding hydrogens is 314 g/mol. The van der Waals surface area contributed by atoms with Crippen molar-refractivity contribution in [2.24, 2.45) is 10.9 Å². The minimum atomic E-state index is -0.881. The summed E-state index contributed by atoms with van der Waals surface area (Å²) >= 11 is 1.46. The van der Waals surface area contributed by atoms with E-state index >= 15 is 0 Å². The van der Waals surface area contributed by atoms with Crippen molar-refractivity contribution in [1.82, 2.24) is 14.8 Å². The number of nitrogens with zero attached hydrogens (tertiary/aromatic N) is 5. The van der Waals surface area contributed by atoms with Gasteiger partial charge in [-0.25, -0.2) is 4.99 Å². The monoisotopic (exact) mass is 333 g/mol. The maximum absolute atomic E-state index is 10.8. The van der Waals surface area contributed by atoms with Crippen LogP contribution in [0.1, 0.15) is 25.5 Å². The summed E-state index contributed by atoms with van der Waals surface area (Å²) in [6.07, 6.45) is 5.71. The van der Waals surface area contributed by atoms with Crippen LogP contribution in [0.25, 0.3) is 0 Å². The van der Waals surface area contributed by atoms with Crippen LogP contribution < -0.4 is 4.90 Å². The molecule has 122 valence electrons. The third kappa shape index (κ3) is 3.95. The van der Waals surface area contributed by atoms with E-state index in [-0.39, 0.29) is 6.54 Å². The summed E-state index contributed by atoms with van der Waals surface area (Å²) < 4.78 is 1.62. The van der Waals surface area contributed by atoms with E-state index in [0.717, 1.165) is 29.8 Å². The molecule has 2 aromatic heterocycles. The molecule has 3 heterocycles. The van der Waals surface area contributed by atoms with Gasteiger partial charge in [-0.15, -0.1) is 10.2 Å². The van der Waals surface area contributed by atoms with Gasteiger partial charge < -0.3 is 14.6 Å². The Morgan fingerprint density at radius 1 is 1.48 bits per heavy atom. The molecule has 0 saturated carbocycles. The van der Waals surface area contributed by atoms with Gasteiger partial charge in [-0.3, -0.25) is 4.79 Å². The summed E-state index contributed by atoms with van der Waals surface area (Å²) in [6.45, 7) is 4.23. The minimum absolute atomic E-state index is 0.0817. The second-order valence-electron chi connectivity index (χ2n) is 5.75. The second-order valence-corrected chi connectivity index (χ2v) is 6.68. The van der Waals surface area contributed by atoms with Crippen molar-refractivity contribution in [1.29, 1.82) is 0 Å². The first kappa shape index (κ1) is 15.7. The molecule has 0 amide bonds. The summed E-state index contributed by atoms with van der Waals surface area (Å²) in [4.78, 5) is 17.4. The summed E-state index contributed by atoms with van der Waals surface area (Å²) in [6, 6.07) is 3.62. The lowest BCUT2D eigenvalue weighted by Crippen LogP contribution is -2.32. The van der Waals surface area contributed by atoms with E-state index in [1.54, 1.807) is 23.0 Å². The van der Waals surface area contributed by atoms with Gasteiger partial charge in [0.2, 0.25) is 10.3 Å². The molecule has 0 atom stereocenters. The maximum Gasteiger partial charge on any atom is 0.323 e. The molecule has 0 aliphatic carbocycles. The Bertz CT molecular complexity index is 700. The summed E-state index contributed by atoms with van der Waals surface area (Å²) in [5.74, 6) is -0.105. The van der Waals surface area contributed by atoms with Crippen molar-refractivity contribution in [2.45, 2.75) is 26.3 Å². The number of aliphatic carboxylic acids is 1. The van der Waals surface area contributed by atoms with E-state index < -0.39 is 5.97 Å². The van der Waals surface area contributed by atoms with Crippen molar-refractivity contribution in [3.63, 3.8) is 0 Å². The van der Waals surface area contributed by atoms with Gasteiger partial charge in [-0.2, -0.15) is 0 Å². The minimum Gasteiger partial charge on any atom is -0.480 e. The first-order chi connectivity index (χ1) is 11.1. The Hall–Kier alpha value is -2.22. The lowest BCUT2D eigenvalue weighted by Gasteiger charge is -2.29. The first-order valence-electron chi connectivity index (χ1n) is 7.61. The van der Waals surface area contributed by atoms with Gasteiger partial charge in [0.15, 0.2) is 0 Å². The topological polar surface area (TPSA) is 83.6 Å². The first-order valence-corrected chi connectivity index (χ1v) is 8.43. The van der Waals surface area contributed by atoms with E-state index in [9.17, 15) is 4.79 Å². The fraction of sp³-hybridized carbons (Fsp3) is 0.467. The molecule has 2 aromatic rings. The van der Waals surface area contributed by atoms with Gasteiger partial charge in [-0.1, -0.05) is 18.3 Å². The van der Waals surface area contributed by atoms with E-state index in [1.807, 2.05) is 6.07 Å². The number of hydrogen-bond donors (Lipinski definition) is 1. The number of carboxylic acid groups (broad SMARTS) is 1. The third-order valence-corrected chi connectivity index (χ3v) is 4.83. The molecule has 0 unspecified atom stereocenters. The number of aromatic nitrogens is 3. The molecule has 8 heteroatoms. The Morgan fingerprint density at radius 2 is 2.26 bits per heavy atom. The lowest BCUT2D eigenvalue weighted by atomic mass is 10.00. The normalized spacial score (nSPS) is 16.3. The van der Waals surface area contributed by atoms with E-state index in [4.69, 9.17) is 5.11 Å². The number of anilines is 1. The number of hydrogen-bond acceptors (Lipinski definition) is 6. The van der Waals surface area contributed by atoms with Crippen molar-refractivity contribution in [3.05, 3.63) is 24.0 Å². The Kier molecular flexibility index (Phi) is 4.71. The molecule has 0 radical (unpaired) electrons. The molecule has 0 bridgehead atoms. The molecule has 3 rings (SSSR count). The average Bonchev–Trinajstić information content (AvgIpc) is 3.15. The van der Waals surface area contributed by atoms with Crippen molar-refractivity contribution >= 4 is 33.8 Å². The van der Waals surface area contributed by atoms with Crippen molar-refractivity contribution in [3.8, 4) is 0 Å². The Labute approximate surface area is 138 Å². The molecule has 1 saturated heterocycles. The highest BCUT2D eigenvalue weighted by Crippen LogP contribution is 2.29. The number of carboxylic acids is 1. The Balaban J connectivity index is 1.67. The van der Waals surface area contributed by atoms with E-state index in [2.05, 4.69) is 27.0 Å². The highest BCUT2D eigenvalue weighted by atomic mass is 32.1. The van der Waals surface area contributed by atoms with Crippen LogP contribution in [0.2, 0.25) is 0 Å². The summed E-state index contributed by atoms with van der Waals surface area (Å²) in [7, 11) is 0. The van der Waals surface area contributed by atoms with E-state index in [0.29, 0.717) is 5.13 Å². The molecule has 1 N–H and O–H groups in total. The number of piperidine rings is 1. The fourth-order valence-electron chi connectivity index (χ4n) is 2.54. The van der Waals surface area contributed by atoms with Crippen molar-refractivity contribution < 1.29 is 9.90 Å². The molecule has 1 aliphatic heterocycles. The molecule has 0 spiro atoms. The van der Waals surface area contributed by atoms with Crippen LogP contribution in [0.15, 0.2) is 23.3 Å². The highest BCUT2D eigenvalue weighted by Gasteiger charge is 2.19. The number of aliphatic imine (C=N–C) groups is 1. The maximum atomic E-state index is 10.8. The summed E-state index contributed by atoms with van der Waals surface area (Å²) in [5, 5.41) is 18.7. The predicted octanol–water partition coefficient (Wildman–Crippen LogP) is 2.41. The van der Waals surface area contributed by atoms with Crippen LogP contribution >= 0.6 is 11.3 Å². The van der Waals surface area contributed by atoms with Crippen molar-refractivity contribution in [2.75, 3.05) is 18.0 Å². The Morgan fingerprint density at radius 3 is 3.00 bits per heavy atom. The smallest absolute Gasteiger partial charge is 0.323 e. The van der Waals surface area contributed by atoms with Gasteiger partial charge in [0, 0.05) is 19.3 Å². The fourth-order valence-corrected chi connectivity index (χ4v) is 3.29. The van der Waals surface area contributed by atoms with Crippen LogP contribution in [0.5, 0.6) is 0 Å². The van der Waals surface area contributed by atoms with Crippen LogP contribution in [-0.4, -0.2) is 45.1 Å². The third-order valence-electron chi connectivity index (χ3n) is 3.94. The van der Waals surface area contributed by atoms with E-state index in [1.165, 1.54) is 24.2 Å². The zero-order valence-corrected chi connectivity index (χ0v) is 13.7. The molecule has 7 nitrogen and oxygen atoms in total. The zero-order chi connectivity index (χ0) is 16.2. The quantitative estimate of drug-likeness (QED) is 0.850. The van der Waals surface area contributed by atoms with Gasteiger partial charge in [0.05, 0.1) is 11.9 Å². The van der Waals surface area contributed by atoms with Gasteiger partial charge in [0.1, 0.15) is 6.54 Å². The predicted molar refractivity (Wildman–Crippen MR) is 89.8 cm³/mol. The second kappa shape index (κ2) is 6.91.